The van der Waals surface area contributed by atoms with Crippen LogP contribution in [0.3, 0.4) is 0 Å². The van der Waals surface area contributed by atoms with E-state index < -0.39 is 11.4 Å². The molecule has 1 amide bonds. The molecule has 5 nitrogen and oxygen atoms in total. The van der Waals surface area contributed by atoms with E-state index in [2.05, 4.69) is 5.32 Å². The predicted molar refractivity (Wildman–Crippen MR) is 69.0 cm³/mol. The minimum Gasteiger partial charge on any atom is -0.497 e. The predicted octanol–water partition coefficient (Wildman–Crippen LogP) is 1.22. The molecule has 0 saturated heterocycles. The summed E-state index contributed by atoms with van der Waals surface area (Å²) in [6.07, 6.45) is 1.51. The third kappa shape index (κ3) is 3.24. The highest BCUT2D eigenvalue weighted by atomic mass is 16.5. The monoisotopic (exact) mass is 263 g/mol. The van der Waals surface area contributed by atoms with Gasteiger partial charge in [0.15, 0.2) is 0 Å². The third-order valence-corrected chi connectivity index (χ3v) is 3.43. The van der Waals surface area contributed by atoms with Crippen LogP contribution in [0, 0.1) is 5.41 Å². The van der Waals surface area contributed by atoms with Gasteiger partial charge in [-0.25, -0.2) is 0 Å². The summed E-state index contributed by atoms with van der Waals surface area (Å²) >= 11 is 0. The van der Waals surface area contributed by atoms with E-state index in [1.807, 2.05) is 18.2 Å². The molecule has 2 N–H and O–H groups in total. The van der Waals surface area contributed by atoms with Crippen LogP contribution >= 0.6 is 0 Å². The lowest BCUT2D eigenvalue weighted by Gasteiger charge is -2.11. The van der Waals surface area contributed by atoms with Crippen LogP contribution in [-0.4, -0.2) is 30.6 Å². The maximum atomic E-state index is 11.8. The number of aliphatic carboxylic acids is 1. The molecule has 0 atom stereocenters. The molecule has 1 aromatic carbocycles. The van der Waals surface area contributed by atoms with Gasteiger partial charge in [0.25, 0.3) is 0 Å². The second-order valence-electron chi connectivity index (χ2n) is 4.89. The molecular formula is C14H17NO4. The Balaban J connectivity index is 1.86. The largest absolute Gasteiger partial charge is 0.497 e. The molecule has 1 saturated carbocycles. The van der Waals surface area contributed by atoms with E-state index in [-0.39, 0.29) is 18.9 Å². The topological polar surface area (TPSA) is 75.6 Å². The lowest BCUT2D eigenvalue weighted by Crippen LogP contribution is -2.35. The molecule has 0 unspecified atom stereocenters. The van der Waals surface area contributed by atoms with Crippen LogP contribution in [0.15, 0.2) is 24.3 Å². The van der Waals surface area contributed by atoms with Crippen LogP contribution in [0.1, 0.15) is 18.4 Å². The van der Waals surface area contributed by atoms with Gasteiger partial charge in [-0.1, -0.05) is 12.1 Å². The fourth-order valence-corrected chi connectivity index (χ4v) is 1.92. The van der Waals surface area contributed by atoms with Crippen molar-refractivity contribution in [3.63, 3.8) is 0 Å². The summed E-state index contributed by atoms with van der Waals surface area (Å²) in [6, 6.07) is 7.27. The van der Waals surface area contributed by atoms with Crippen LogP contribution in [0.2, 0.25) is 0 Å². The van der Waals surface area contributed by atoms with E-state index in [9.17, 15) is 9.59 Å². The van der Waals surface area contributed by atoms with E-state index in [1.54, 1.807) is 13.2 Å². The van der Waals surface area contributed by atoms with E-state index in [4.69, 9.17) is 9.84 Å². The first-order chi connectivity index (χ1) is 9.05. The average Bonchev–Trinajstić information content (AvgIpc) is 3.18. The third-order valence-electron chi connectivity index (χ3n) is 3.43. The van der Waals surface area contributed by atoms with Crippen molar-refractivity contribution < 1.29 is 19.4 Å². The van der Waals surface area contributed by atoms with E-state index in [0.717, 1.165) is 5.56 Å². The van der Waals surface area contributed by atoms with Gasteiger partial charge >= 0.3 is 5.97 Å². The highest BCUT2D eigenvalue weighted by molar-refractivity contribution is 5.82. The highest BCUT2D eigenvalue weighted by Crippen LogP contribution is 2.45. The van der Waals surface area contributed by atoms with Crippen LogP contribution < -0.4 is 10.1 Å². The second-order valence-corrected chi connectivity index (χ2v) is 4.89. The normalized spacial score (nSPS) is 15.6. The molecule has 1 aromatic rings. The minimum absolute atomic E-state index is 0.166. The summed E-state index contributed by atoms with van der Waals surface area (Å²) < 4.78 is 5.08. The standard InChI is InChI=1S/C14H17NO4/c1-19-11-4-2-3-10(7-11)8-12(16)15-9-14(5-6-14)13(17)18/h2-4,7H,5-6,8-9H2,1H3,(H,15,16)(H,17,18). The van der Waals surface area contributed by atoms with Crippen molar-refractivity contribution in [2.45, 2.75) is 19.3 Å². The van der Waals surface area contributed by atoms with Crippen LogP contribution in [0.5, 0.6) is 5.75 Å². The Hall–Kier alpha value is -2.04. The Morgan fingerprint density at radius 2 is 2.16 bits per heavy atom. The zero-order chi connectivity index (χ0) is 13.9. The number of rotatable bonds is 6. The molecule has 19 heavy (non-hydrogen) atoms. The average molecular weight is 263 g/mol. The fraction of sp³-hybridized carbons (Fsp3) is 0.429. The number of carbonyl (C=O) groups is 2. The molecule has 0 bridgehead atoms. The van der Waals surface area contributed by atoms with Crippen LogP contribution in [0.4, 0.5) is 0 Å². The van der Waals surface area contributed by atoms with Gasteiger partial charge < -0.3 is 15.2 Å². The van der Waals surface area contributed by atoms with Gasteiger partial charge in [-0.15, -0.1) is 0 Å². The number of carboxylic acid groups (broad SMARTS) is 1. The first kappa shape index (κ1) is 13.4. The molecule has 1 fully saturated rings. The number of carbonyl (C=O) groups excluding carboxylic acids is 1. The summed E-state index contributed by atoms with van der Waals surface area (Å²) in [5.74, 6) is -0.288. The number of hydrogen-bond donors (Lipinski definition) is 2. The molecule has 102 valence electrons. The number of hydrogen-bond acceptors (Lipinski definition) is 3. The second kappa shape index (κ2) is 5.30. The van der Waals surface area contributed by atoms with Gasteiger partial charge in [-0.2, -0.15) is 0 Å². The number of methoxy groups -OCH3 is 1. The fourth-order valence-electron chi connectivity index (χ4n) is 1.92. The van der Waals surface area contributed by atoms with Crippen LogP contribution in [-0.2, 0) is 16.0 Å². The van der Waals surface area contributed by atoms with Crippen molar-refractivity contribution in [2.24, 2.45) is 5.41 Å². The molecule has 2 rings (SSSR count). The molecule has 5 heteroatoms. The molecular weight excluding hydrogens is 246 g/mol. The maximum absolute atomic E-state index is 11.8. The zero-order valence-corrected chi connectivity index (χ0v) is 10.8. The molecule has 0 radical (unpaired) electrons. The van der Waals surface area contributed by atoms with Gasteiger partial charge in [0, 0.05) is 6.54 Å². The van der Waals surface area contributed by atoms with Crippen molar-refractivity contribution >= 4 is 11.9 Å². The van der Waals surface area contributed by atoms with E-state index >= 15 is 0 Å². The zero-order valence-electron chi connectivity index (χ0n) is 10.8. The Morgan fingerprint density at radius 3 is 2.74 bits per heavy atom. The Labute approximate surface area is 111 Å². The Bertz CT molecular complexity index is 494. The molecule has 0 aliphatic heterocycles. The number of ether oxygens (including phenoxy) is 1. The van der Waals surface area contributed by atoms with Crippen molar-refractivity contribution in [1.82, 2.24) is 5.32 Å². The number of nitrogens with one attached hydrogen (secondary N) is 1. The lowest BCUT2D eigenvalue weighted by molar-refractivity contribution is -0.143. The molecule has 1 aliphatic rings. The highest BCUT2D eigenvalue weighted by Gasteiger charge is 2.50. The first-order valence-electron chi connectivity index (χ1n) is 6.19. The summed E-state index contributed by atoms with van der Waals surface area (Å²) in [7, 11) is 1.57. The Kier molecular flexibility index (Phi) is 3.74. The molecule has 0 spiro atoms. The molecule has 0 aromatic heterocycles. The summed E-state index contributed by atoms with van der Waals surface area (Å²) in [5, 5.41) is 11.7. The number of carboxylic acids is 1. The minimum atomic E-state index is -0.825. The van der Waals surface area contributed by atoms with Crippen molar-refractivity contribution in [3.05, 3.63) is 29.8 Å². The van der Waals surface area contributed by atoms with Gasteiger partial charge in [-0.3, -0.25) is 9.59 Å². The van der Waals surface area contributed by atoms with Crippen molar-refractivity contribution in [3.8, 4) is 5.75 Å². The number of benzene rings is 1. The van der Waals surface area contributed by atoms with E-state index in [1.165, 1.54) is 0 Å². The Morgan fingerprint density at radius 1 is 1.42 bits per heavy atom. The van der Waals surface area contributed by atoms with Gasteiger partial charge in [0.1, 0.15) is 5.75 Å². The first-order valence-corrected chi connectivity index (χ1v) is 6.19. The quantitative estimate of drug-likeness (QED) is 0.809. The summed E-state index contributed by atoms with van der Waals surface area (Å²) in [5.41, 5.74) is 0.126. The maximum Gasteiger partial charge on any atom is 0.311 e. The smallest absolute Gasteiger partial charge is 0.311 e. The molecule has 0 heterocycles. The SMILES string of the molecule is COc1cccc(CC(=O)NCC2(C(=O)O)CC2)c1. The van der Waals surface area contributed by atoms with Gasteiger partial charge in [0.05, 0.1) is 18.9 Å². The molecule has 1 aliphatic carbocycles. The lowest BCUT2D eigenvalue weighted by atomic mass is 10.1. The van der Waals surface area contributed by atoms with Crippen molar-refractivity contribution in [1.29, 1.82) is 0 Å². The van der Waals surface area contributed by atoms with E-state index in [0.29, 0.717) is 18.6 Å². The van der Waals surface area contributed by atoms with Gasteiger partial charge in [0.2, 0.25) is 5.91 Å². The summed E-state index contributed by atoms with van der Waals surface area (Å²) in [4.78, 5) is 22.7. The number of amides is 1. The van der Waals surface area contributed by atoms with Gasteiger partial charge in [-0.05, 0) is 30.5 Å². The van der Waals surface area contributed by atoms with Crippen molar-refractivity contribution in [2.75, 3.05) is 13.7 Å². The van der Waals surface area contributed by atoms with Crippen LogP contribution in [0.25, 0.3) is 0 Å². The summed E-state index contributed by atoms with van der Waals surface area (Å²) in [6.45, 7) is 0.213.